The van der Waals surface area contributed by atoms with Gasteiger partial charge in [0.1, 0.15) is 0 Å². The van der Waals surface area contributed by atoms with Gasteiger partial charge in [-0.1, -0.05) is 6.58 Å². The Labute approximate surface area is 101 Å². The Morgan fingerprint density at radius 2 is 1.67 bits per heavy atom. The number of hydrogen-bond acceptors (Lipinski definition) is 6. The van der Waals surface area contributed by atoms with Crippen LogP contribution >= 0.6 is 0 Å². The van der Waals surface area contributed by atoms with Gasteiger partial charge in [-0.25, -0.2) is 9.59 Å². The van der Waals surface area contributed by atoms with E-state index in [1.54, 1.807) is 0 Å². The molecule has 0 bridgehead atoms. The first kappa shape index (κ1) is 15.8. The van der Waals surface area contributed by atoms with E-state index in [1.165, 1.54) is 6.92 Å². The van der Waals surface area contributed by atoms with Crippen LogP contribution in [0.3, 0.4) is 0 Å². The molecule has 0 radical (unpaired) electrons. The van der Waals surface area contributed by atoms with Crippen molar-refractivity contribution in [1.82, 2.24) is 0 Å². The first-order valence-electron chi connectivity index (χ1n) is 4.66. The van der Waals surface area contributed by atoms with Gasteiger partial charge in [0.15, 0.2) is 5.60 Å². The number of aliphatic hydroxyl groups is 1. The SMILES string of the molecule is C=C(C)C(=O)OC(=O)CC(O)(CC(=O)O)C(=O)O. The number of carboxylic acids is 2. The number of hydrogen-bond donors (Lipinski definition) is 3. The summed E-state index contributed by atoms with van der Waals surface area (Å²) in [4.78, 5) is 43.2. The van der Waals surface area contributed by atoms with Gasteiger partial charge in [-0.2, -0.15) is 0 Å². The zero-order valence-corrected chi connectivity index (χ0v) is 9.50. The fraction of sp³-hybridized carbons (Fsp3) is 0.400. The molecule has 0 spiro atoms. The van der Waals surface area contributed by atoms with Crippen LogP contribution in [-0.4, -0.2) is 44.8 Å². The largest absolute Gasteiger partial charge is 0.481 e. The van der Waals surface area contributed by atoms with E-state index in [1.807, 2.05) is 0 Å². The highest BCUT2D eigenvalue weighted by molar-refractivity contribution is 5.97. The summed E-state index contributed by atoms with van der Waals surface area (Å²) < 4.78 is 4.15. The molecule has 0 rings (SSSR count). The summed E-state index contributed by atoms with van der Waals surface area (Å²) >= 11 is 0. The summed E-state index contributed by atoms with van der Waals surface area (Å²) in [5.74, 6) is -5.94. The van der Waals surface area contributed by atoms with E-state index in [-0.39, 0.29) is 5.57 Å². The molecule has 0 aromatic carbocycles. The second-order valence-electron chi connectivity index (χ2n) is 3.63. The Bertz CT molecular complexity index is 410. The van der Waals surface area contributed by atoms with Crippen LogP contribution in [0.4, 0.5) is 0 Å². The normalized spacial score (nSPS) is 13.2. The molecule has 0 aromatic heterocycles. The smallest absolute Gasteiger partial charge is 0.340 e. The van der Waals surface area contributed by atoms with Gasteiger partial charge in [-0.05, 0) is 6.92 Å². The molecule has 0 aliphatic heterocycles. The number of carbonyl (C=O) groups is 4. The van der Waals surface area contributed by atoms with Crippen LogP contribution in [0.25, 0.3) is 0 Å². The third-order valence-corrected chi connectivity index (χ3v) is 1.83. The van der Waals surface area contributed by atoms with Crippen molar-refractivity contribution in [2.75, 3.05) is 0 Å². The molecule has 0 aromatic rings. The fourth-order valence-electron chi connectivity index (χ4n) is 0.929. The monoisotopic (exact) mass is 260 g/mol. The van der Waals surface area contributed by atoms with Crippen molar-refractivity contribution in [2.45, 2.75) is 25.4 Å². The Balaban J connectivity index is 4.75. The zero-order chi connectivity index (χ0) is 14.5. The van der Waals surface area contributed by atoms with Crippen LogP contribution in [0.1, 0.15) is 19.8 Å². The van der Waals surface area contributed by atoms with Crippen molar-refractivity contribution in [3.05, 3.63) is 12.2 Å². The van der Waals surface area contributed by atoms with Crippen LogP contribution in [-0.2, 0) is 23.9 Å². The maximum atomic E-state index is 11.2. The molecule has 0 saturated carbocycles. The predicted octanol–water partition coefficient (Wildman–Crippen LogP) is -0.687. The first-order valence-corrected chi connectivity index (χ1v) is 4.66. The van der Waals surface area contributed by atoms with Crippen molar-refractivity contribution in [3.8, 4) is 0 Å². The minimum absolute atomic E-state index is 0.0968. The van der Waals surface area contributed by atoms with E-state index in [4.69, 9.17) is 10.2 Å². The highest BCUT2D eigenvalue weighted by Gasteiger charge is 2.41. The molecule has 0 heterocycles. The molecule has 0 aliphatic rings. The molecule has 8 nitrogen and oxygen atoms in total. The van der Waals surface area contributed by atoms with Gasteiger partial charge in [0.2, 0.25) is 0 Å². The molecule has 1 unspecified atom stereocenters. The van der Waals surface area contributed by atoms with Crippen LogP contribution < -0.4 is 0 Å². The maximum Gasteiger partial charge on any atom is 0.340 e. The Kier molecular flexibility index (Phi) is 5.19. The molecule has 100 valence electrons. The van der Waals surface area contributed by atoms with Crippen molar-refractivity contribution in [3.63, 3.8) is 0 Å². The van der Waals surface area contributed by atoms with E-state index in [0.717, 1.165) is 0 Å². The summed E-state index contributed by atoms with van der Waals surface area (Å²) in [7, 11) is 0. The number of ether oxygens (including phenoxy) is 1. The summed E-state index contributed by atoms with van der Waals surface area (Å²) in [6.07, 6.45) is -2.35. The lowest BCUT2D eigenvalue weighted by atomic mass is 9.96. The molecular formula is C10H12O8. The first-order chi connectivity index (χ1) is 8.08. The van der Waals surface area contributed by atoms with Gasteiger partial charge in [0, 0.05) is 5.57 Å². The van der Waals surface area contributed by atoms with Crippen molar-refractivity contribution >= 4 is 23.9 Å². The van der Waals surface area contributed by atoms with Crippen molar-refractivity contribution < 1.29 is 39.2 Å². The zero-order valence-electron chi connectivity index (χ0n) is 9.50. The van der Waals surface area contributed by atoms with Gasteiger partial charge < -0.3 is 20.1 Å². The topological polar surface area (TPSA) is 138 Å². The number of carboxylic acid groups (broad SMARTS) is 2. The van der Waals surface area contributed by atoms with E-state index in [9.17, 15) is 24.3 Å². The standard InChI is InChI=1S/C10H12O8/c1-5(2)8(14)18-7(13)4-10(17,9(15)16)3-6(11)12/h17H,1,3-4H2,2H3,(H,11,12)(H,15,16). The second kappa shape index (κ2) is 5.92. The lowest BCUT2D eigenvalue weighted by Gasteiger charge is -2.19. The third kappa shape index (κ3) is 4.74. The molecule has 1 atom stereocenters. The highest BCUT2D eigenvalue weighted by Crippen LogP contribution is 2.17. The Morgan fingerprint density at radius 3 is 2.00 bits per heavy atom. The van der Waals surface area contributed by atoms with Crippen molar-refractivity contribution in [2.24, 2.45) is 0 Å². The molecule has 0 amide bonds. The average molecular weight is 260 g/mol. The molecule has 18 heavy (non-hydrogen) atoms. The third-order valence-electron chi connectivity index (χ3n) is 1.83. The van der Waals surface area contributed by atoms with Gasteiger partial charge in [-0.3, -0.25) is 9.59 Å². The minimum atomic E-state index is -2.82. The average Bonchev–Trinajstić information content (AvgIpc) is 2.14. The molecule has 0 aliphatic carbocycles. The summed E-state index contributed by atoms with van der Waals surface area (Å²) in [6, 6.07) is 0. The highest BCUT2D eigenvalue weighted by atomic mass is 16.6. The van der Waals surface area contributed by atoms with E-state index in [0.29, 0.717) is 0 Å². The molecule has 3 N–H and O–H groups in total. The van der Waals surface area contributed by atoms with Crippen molar-refractivity contribution in [1.29, 1.82) is 0 Å². The fourth-order valence-corrected chi connectivity index (χ4v) is 0.929. The van der Waals surface area contributed by atoms with Crippen LogP contribution in [0.5, 0.6) is 0 Å². The van der Waals surface area contributed by atoms with Gasteiger partial charge in [-0.15, -0.1) is 0 Å². The van der Waals surface area contributed by atoms with Crippen LogP contribution in [0.15, 0.2) is 12.2 Å². The molecule has 0 saturated heterocycles. The predicted molar refractivity (Wildman–Crippen MR) is 55.4 cm³/mol. The van der Waals surface area contributed by atoms with E-state index >= 15 is 0 Å². The molecule has 0 fully saturated rings. The minimum Gasteiger partial charge on any atom is -0.481 e. The van der Waals surface area contributed by atoms with Crippen LogP contribution in [0, 0.1) is 0 Å². The summed E-state index contributed by atoms with van der Waals surface area (Å²) in [6.45, 7) is 4.45. The molecule has 8 heteroatoms. The van der Waals surface area contributed by atoms with E-state index in [2.05, 4.69) is 11.3 Å². The quantitative estimate of drug-likeness (QED) is 0.324. The number of rotatable bonds is 6. The Morgan fingerprint density at radius 1 is 1.17 bits per heavy atom. The van der Waals surface area contributed by atoms with Gasteiger partial charge >= 0.3 is 23.9 Å². The molecular weight excluding hydrogens is 248 g/mol. The number of esters is 2. The Hall–Kier alpha value is -2.22. The van der Waals surface area contributed by atoms with Gasteiger partial charge in [0.25, 0.3) is 0 Å². The van der Waals surface area contributed by atoms with Crippen LogP contribution in [0.2, 0.25) is 0 Å². The lowest BCUT2D eigenvalue weighted by molar-refractivity contribution is -0.173. The summed E-state index contributed by atoms with van der Waals surface area (Å²) in [5.41, 5.74) is -2.92. The van der Waals surface area contributed by atoms with E-state index < -0.39 is 42.3 Å². The summed E-state index contributed by atoms with van der Waals surface area (Å²) in [5, 5.41) is 26.5. The van der Waals surface area contributed by atoms with Gasteiger partial charge in [0.05, 0.1) is 12.8 Å². The number of carbonyl (C=O) groups excluding carboxylic acids is 2. The second-order valence-corrected chi connectivity index (χ2v) is 3.63. The lowest BCUT2D eigenvalue weighted by Crippen LogP contribution is -2.43. The maximum absolute atomic E-state index is 11.2. The number of aliphatic carboxylic acids is 2.